The van der Waals surface area contributed by atoms with E-state index in [1.54, 1.807) is 30.3 Å². The number of nitrogens with two attached hydrogens (primary N) is 1. The third-order valence-electron chi connectivity index (χ3n) is 8.20. The fraction of sp³-hybridized carbons (Fsp3) is 0.243. The average Bonchev–Trinajstić information content (AvgIpc) is 3.49. The Kier molecular flexibility index (Phi) is 12.6. The molecule has 11 nitrogen and oxygen atoms in total. The van der Waals surface area contributed by atoms with Gasteiger partial charge >= 0.3 is 18.2 Å². The van der Waals surface area contributed by atoms with Crippen LogP contribution in [-0.4, -0.2) is 79.7 Å². The summed E-state index contributed by atoms with van der Waals surface area (Å²) in [6.07, 6.45) is -1.93. The fourth-order valence-electron chi connectivity index (χ4n) is 5.66. The van der Waals surface area contributed by atoms with Gasteiger partial charge in [0.1, 0.15) is 26.3 Å². The third kappa shape index (κ3) is 9.07. The lowest BCUT2D eigenvalue weighted by atomic mass is 9.98. The van der Waals surface area contributed by atoms with Gasteiger partial charge < -0.3 is 25.3 Å². The van der Waals surface area contributed by atoms with Gasteiger partial charge in [-0.25, -0.2) is 27.6 Å². The quantitative estimate of drug-likeness (QED) is 0.0588. The first-order chi connectivity index (χ1) is 25.5. The molecule has 0 heterocycles. The Labute approximate surface area is 300 Å². The summed E-state index contributed by atoms with van der Waals surface area (Å²) in [6.45, 7) is -2.65. The standard InChI is InChI=1S/C37H33F5N4O7/c38-30-31(39)33(41)35(34(42)32(30)40)53-29(48)19-46(37(50)52-21-27-25-12-6-4-10-23(25)24-11-5-7-13-26(24)27)17-15-44-28(47)18-45(16-14-43)36(49)51-20-22-8-2-1-3-9-22/h1-13,27H,14-21,43H2,(H,44,47). The molecule has 0 bridgehead atoms. The molecule has 0 saturated carbocycles. The van der Waals surface area contributed by atoms with Gasteiger partial charge in [0.25, 0.3) is 0 Å². The van der Waals surface area contributed by atoms with Crippen LogP contribution in [-0.2, 0) is 25.7 Å². The van der Waals surface area contributed by atoms with Crippen LogP contribution in [0.5, 0.6) is 5.75 Å². The third-order valence-corrected chi connectivity index (χ3v) is 8.20. The molecular weight excluding hydrogens is 707 g/mol. The van der Waals surface area contributed by atoms with Crippen LogP contribution in [0.1, 0.15) is 22.6 Å². The second-order valence-electron chi connectivity index (χ2n) is 11.7. The summed E-state index contributed by atoms with van der Waals surface area (Å²) in [5.41, 5.74) is 9.92. The average molecular weight is 741 g/mol. The molecule has 0 saturated heterocycles. The van der Waals surface area contributed by atoms with Crippen molar-refractivity contribution in [1.82, 2.24) is 15.1 Å². The van der Waals surface area contributed by atoms with E-state index in [1.807, 2.05) is 48.5 Å². The minimum Gasteiger partial charge on any atom is -0.448 e. The van der Waals surface area contributed by atoms with Crippen LogP contribution in [0.4, 0.5) is 31.5 Å². The number of halogens is 5. The van der Waals surface area contributed by atoms with Crippen LogP contribution in [0.15, 0.2) is 78.9 Å². The molecule has 3 amide bonds. The number of esters is 1. The van der Waals surface area contributed by atoms with Crippen molar-refractivity contribution >= 4 is 24.1 Å². The van der Waals surface area contributed by atoms with Crippen molar-refractivity contribution < 1.29 is 55.3 Å². The molecule has 3 N–H and O–H groups in total. The number of ether oxygens (including phenoxy) is 3. The maximum absolute atomic E-state index is 14.2. The molecule has 0 atom stereocenters. The van der Waals surface area contributed by atoms with Crippen molar-refractivity contribution in [2.24, 2.45) is 5.73 Å². The highest BCUT2D eigenvalue weighted by Gasteiger charge is 2.32. The van der Waals surface area contributed by atoms with Crippen molar-refractivity contribution in [2.45, 2.75) is 12.5 Å². The molecule has 0 unspecified atom stereocenters. The van der Waals surface area contributed by atoms with E-state index in [1.165, 1.54) is 0 Å². The number of carbonyl (C=O) groups excluding carboxylic acids is 4. The number of nitrogens with zero attached hydrogens (tertiary/aromatic N) is 2. The highest BCUT2D eigenvalue weighted by atomic mass is 19.2. The topological polar surface area (TPSA) is 140 Å². The number of hydrogen-bond donors (Lipinski definition) is 2. The smallest absolute Gasteiger partial charge is 0.410 e. The molecule has 1 aliphatic rings. The first-order valence-corrected chi connectivity index (χ1v) is 16.2. The number of fused-ring (bicyclic) bond motifs is 3. The number of rotatable bonds is 14. The first-order valence-electron chi connectivity index (χ1n) is 16.2. The predicted molar refractivity (Wildman–Crippen MR) is 179 cm³/mol. The predicted octanol–water partition coefficient (Wildman–Crippen LogP) is 5.25. The normalized spacial score (nSPS) is 11.7. The molecule has 0 spiro atoms. The van der Waals surface area contributed by atoms with Gasteiger partial charge in [-0.05, 0) is 27.8 Å². The zero-order valence-corrected chi connectivity index (χ0v) is 28.0. The Morgan fingerprint density at radius 3 is 1.79 bits per heavy atom. The molecule has 0 radical (unpaired) electrons. The number of benzene rings is 4. The van der Waals surface area contributed by atoms with Crippen molar-refractivity contribution in [3.05, 3.63) is 125 Å². The van der Waals surface area contributed by atoms with Crippen LogP contribution in [0.3, 0.4) is 0 Å². The van der Waals surface area contributed by atoms with Gasteiger partial charge in [-0.3, -0.25) is 14.6 Å². The SMILES string of the molecule is NCCN(CC(=O)NCCN(CC(=O)Oc1c(F)c(F)c(F)c(F)c1F)C(=O)OCC1c2ccccc2-c2ccccc21)C(=O)OCc1ccccc1. The van der Waals surface area contributed by atoms with E-state index in [9.17, 15) is 41.1 Å². The number of carbonyl (C=O) groups is 4. The number of amides is 3. The van der Waals surface area contributed by atoms with E-state index in [0.717, 1.165) is 27.2 Å². The van der Waals surface area contributed by atoms with Crippen LogP contribution < -0.4 is 15.8 Å². The molecule has 278 valence electrons. The Bertz CT molecular complexity index is 1910. The van der Waals surface area contributed by atoms with Crippen molar-refractivity contribution in [3.63, 3.8) is 0 Å². The molecule has 4 aromatic rings. The van der Waals surface area contributed by atoms with Crippen LogP contribution in [0.2, 0.25) is 0 Å². The minimum atomic E-state index is -2.45. The van der Waals surface area contributed by atoms with Gasteiger partial charge in [0.2, 0.25) is 40.7 Å². The Hall–Kier alpha value is -6.03. The maximum atomic E-state index is 14.2. The monoisotopic (exact) mass is 740 g/mol. The fourth-order valence-corrected chi connectivity index (χ4v) is 5.66. The minimum absolute atomic E-state index is 0.00837. The highest BCUT2D eigenvalue weighted by molar-refractivity contribution is 5.83. The number of hydrogen-bond acceptors (Lipinski definition) is 8. The van der Waals surface area contributed by atoms with Gasteiger partial charge in [-0.15, -0.1) is 0 Å². The van der Waals surface area contributed by atoms with Crippen molar-refractivity contribution in [1.29, 1.82) is 0 Å². The second kappa shape index (κ2) is 17.5. The largest absolute Gasteiger partial charge is 0.448 e. The lowest BCUT2D eigenvalue weighted by Crippen LogP contribution is -2.46. The van der Waals surface area contributed by atoms with Crippen molar-refractivity contribution in [2.75, 3.05) is 45.9 Å². The van der Waals surface area contributed by atoms with Gasteiger partial charge in [0, 0.05) is 32.1 Å². The first kappa shape index (κ1) is 38.2. The summed E-state index contributed by atoms with van der Waals surface area (Å²) in [7, 11) is 0. The lowest BCUT2D eigenvalue weighted by Gasteiger charge is -2.24. The second-order valence-corrected chi connectivity index (χ2v) is 11.7. The molecule has 5 rings (SSSR count). The van der Waals surface area contributed by atoms with E-state index in [4.69, 9.17) is 15.2 Å². The summed E-state index contributed by atoms with van der Waals surface area (Å²) in [5.74, 6) is -16.4. The Morgan fingerprint density at radius 1 is 0.660 bits per heavy atom. The molecule has 0 fully saturated rings. The van der Waals surface area contributed by atoms with Crippen LogP contribution >= 0.6 is 0 Å². The van der Waals surface area contributed by atoms with E-state index >= 15 is 0 Å². The maximum Gasteiger partial charge on any atom is 0.410 e. The lowest BCUT2D eigenvalue weighted by molar-refractivity contribution is -0.135. The molecular formula is C37H33F5N4O7. The van der Waals surface area contributed by atoms with Gasteiger partial charge in [-0.2, -0.15) is 8.78 Å². The van der Waals surface area contributed by atoms with E-state index in [-0.39, 0.29) is 32.8 Å². The Balaban J connectivity index is 1.25. The summed E-state index contributed by atoms with van der Waals surface area (Å²) in [5, 5.41) is 2.48. The molecule has 16 heteroatoms. The highest BCUT2D eigenvalue weighted by Crippen LogP contribution is 2.44. The zero-order valence-electron chi connectivity index (χ0n) is 28.0. The van der Waals surface area contributed by atoms with Gasteiger partial charge in [0.15, 0.2) is 0 Å². The Morgan fingerprint density at radius 2 is 1.19 bits per heavy atom. The molecule has 53 heavy (non-hydrogen) atoms. The summed E-state index contributed by atoms with van der Waals surface area (Å²) >= 11 is 0. The van der Waals surface area contributed by atoms with Crippen molar-refractivity contribution in [3.8, 4) is 16.9 Å². The van der Waals surface area contributed by atoms with Crippen LogP contribution in [0.25, 0.3) is 11.1 Å². The summed E-state index contributed by atoms with van der Waals surface area (Å²) < 4.78 is 84.8. The molecule has 0 aromatic heterocycles. The van der Waals surface area contributed by atoms with Crippen LogP contribution in [0, 0.1) is 29.1 Å². The van der Waals surface area contributed by atoms with E-state index in [2.05, 4.69) is 10.1 Å². The summed E-state index contributed by atoms with van der Waals surface area (Å²) in [6, 6.07) is 23.7. The van der Waals surface area contributed by atoms with E-state index < -0.39 is 84.5 Å². The number of nitrogens with one attached hydrogen (secondary N) is 1. The van der Waals surface area contributed by atoms with E-state index in [0.29, 0.717) is 10.5 Å². The zero-order chi connectivity index (χ0) is 38.1. The molecule has 0 aliphatic heterocycles. The van der Waals surface area contributed by atoms with Gasteiger partial charge in [-0.1, -0.05) is 78.9 Å². The summed E-state index contributed by atoms with van der Waals surface area (Å²) in [4.78, 5) is 53.4. The van der Waals surface area contributed by atoms with Gasteiger partial charge in [0.05, 0.1) is 0 Å². The molecule has 4 aromatic carbocycles. The molecule has 1 aliphatic carbocycles.